The van der Waals surface area contributed by atoms with Crippen molar-refractivity contribution in [1.29, 1.82) is 0 Å². The van der Waals surface area contributed by atoms with Gasteiger partial charge in [0.25, 0.3) is 0 Å². The summed E-state index contributed by atoms with van der Waals surface area (Å²) in [5.74, 6) is 0.713. The molecular formula is C12H15N3O2S. The molecule has 0 saturated heterocycles. The molecule has 0 fully saturated rings. The Morgan fingerprint density at radius 1 is 1.39 bits per heavy atom. The summed E-state index contributed by atoms with van der Waals surface area (Å²) in [6.07, 6.45) is 1.90. The van der Waals surface area contributed by atoms with Gasteiger partial charge in [-0.2, -0.15) is 0 Å². The predicted octanol–water partition coefficient (Wildman–Crippen LogP) is 1.21. The number of fused-ring (bicyclic) bond motifs is 1. The summed E-state index contributed by atoms with van der Waals surface area (Å²) in [6, 6.07) is 7.70. The Morgan fingerprint density at radius 3 is 2.89 bits per heavy atom. The Balaban J connectivity index is 1.96. The number of aromatic amines is 1. The number of rotatable bonds is 6. The van der Waals surface area contributed by atoms with Crippen LogP contribution in [0.1, 0.15) is 5.82 Å². The highest BCUT2D eigenvalue weighted by Crippen LogP contribution is 2.10. The van der Waals surface area contributed by atoms with Crippen LogP contribution in [0.2, 0.25) is 0 Å². The number of H-pyrrole nitrogens is 1. The van der Waals surface area contributed by atoms with Gasteiger partial charge in [-0.25, -0.2) is 18.1 Å². The second kappa shape index (κ2) is 5.32. The first kappa shape index (κ1) is 12.8. The van der Waals surface area contributed by atoms with E-state index >= 15 is 0 Å². The van der Waals surface area contributed by atoms with Crippen molar-refractivity contribution in [2.45, 2.75) is 6.42 Å². The number of para-hydroxylation sites is 2. The van der Waals surface area contributed by atoms with Crippen LogP contribution >= 0.6 is 0 Å². The van der Waals surface area contributed by atoms with Gasteiger partial charge in [0.1, 0.15) is 5.82 Å². The van der Waals surface area contributed by atoms with Gasteiger partial charge < -0.3 is 4.98 Å². The molecule has 0 bridgehead atoms. The van der Waals surface area contributed by atoms with E-state index in [4.69, 9.17) is 0 Å². The Morgan fingerprint density at radius 2 is 2.17 bits per heavy atom. The molecule has 0 unspecified atom stereocenters. The molecule has 5 nitrogen and oxygen atoms in total. The fourth-order valence-corrected chi connectivity index (χ4v) is 2.50. The van der Waals surface area contributed by atoms with E-state index < -0.39 is 10.0 Å². The van der Waals surface area contributed by atoms with Crippen molar-refractivity contribution in [3.8, 4) is 0 Å². The molecule has 2 aromatic rings. The second-order valence-electron chi connectivity index (χ2n) is 3.92. The number of imidazole rings is 1. The van der Waals surface area contributed by atoms with Gasteiger partial charge >= 0.3 is 0 Å². The van der Waals surface area contributed by atoms with Gasteiger partial charge in [-0.1, -0.05) is 18.2 Å². The van der Waals surface area contributed by atoms with E-state index in [2.05, 4.69) is 21.3 Å². The Labute approximate surface area is 106 Å². The Hall–Kier alpha value is -1.66. The minimum atomic E-state index is -3.24. The summed E-state index contributed by atoms with van der Waals surface area (Å²) in [6.45, 7) is 3.73. The van der Waals surface area contributed by atoms with Crippen LogP contribution in [-0.2, 0) is 16.4 Å². The lowest BCUT2D eigenvalue weighted by molar-refractivity contribution is 0.584. The van der Waals surface area contributed by atoms with E-state index in [0.29, 0.717) is 13.0 Å². The third-order valence-electron chi connectivity index (χ3n) is 2.46. The highest BCUT2D eigenvalue weighted by Gasteiger charge is 2.07. The lowest BCUT2D eigenvalue weighted by Gasteiger charge is -2.02. The van der Waals surface area contributed by atoms with Crippen molar-refractivity contribution >= 4 is 21.1 Å². The van der Waals surface area contributed by atoms with E-state index in [9.17, 15) is 8.42 Å². The Bertz CT molecular complexity index is 613. The van der Waals surface area contributed by atoms with Crippen LogP contribution in [0.15, 0.2) is 36.9 Å². The molecule has 1 heterocycles. The van der Waals surface area contributed by atoms with Crippen molar-refractivity contribution in [3.05, 3.63) is 42.7 Å². The van der Waals surface area contributed by atoms with Crippen LogP contribution in [0.3, 0.4) is 0 Å². The predicted molar refractivity (Wildman–Crippen MR) is 71.8 cm³/mol. The molecule has 0 aliphatic rings. The van der Waals surface area contributed by atoms with Gasteiger partial charge in [-0.3, -0.25) is 0 Å². The van der Waals surface area contributed by atoms with Gasteiger partial charge in [0.2, 0.25) is 10.0 Å². The molecule has 1 aromatic carbocycles. The number of hydrogen-bond donors (Lipinski definition) is 2. The molecule has 6 heteroatoms. The number of hydrogen-bond acceptors (Lipinski definition) is 3. The number of benzene rings is 1. The molecule has 0 spiro atoms. The van der Waals surface area contributed by atoms with Crippen LogP contribution < -0.4 is 4.72 Å². The maximum absolute atomic E-state index is 11.4. The van der Waals surface area contributed by atoms with Crippen LogP contribution in [0.4, 0.5) is 0 Å². The highest BCUT2D eigenvalue weighted by molar-refractivity contribution is 7.89. The quantitative estimate of drug-likeness (QED) is 0.771. The first-order chi connectivity index (χ1) is 8.61. The van der Waals surface area contributed by atoms with Crippen LogP contribution in [0, 0.1) is 0 Å². The highest BCUT2D eigenvalue weighted by atomic mass is 32.2. The average Bonchev–Trinajstić information content (AvgIpc) is 2.71. The van der Waals surface area contributed by atoms with Crippen molar-refractivity contribution in [2.24, 2.45) is 0 Å². The minimum absolute atomic E-state index is 0.0624. The third-order valence-corrected chi connectivity index (χ3v) is 3.78. The van der Waals surface area contributed by atoms with E-state index in [1.165, 1.54) is 6.08 Å². The molecule has 2 rings (SSSR count). The third kappa shape index (κ3) is 3.18. The summed E-state index contributed by atoms with van der Waals surface area (Å²) >= 11 is 0. The molecule has 0 aliphatic heterocycles. The monoisotopic (exact) mass is 265 g/mol. The van der Waals surface area contributed by atoms with Gasteiger partial charge in [0, 0.05) is 13.0 Å². The first-order valence-electron chi connectivity index (χ1n) is 5.62. The van der Waals surface area contributed by atoms with E-state index in [0.717, 1.165) is 16.9 Å². The fraction of sp³-hybridized carbons (Fsp3) is 0.250. The number of sulfonamides is 1. The standard InChI is InChI=1S/C12H15N3O2S/c1-2-9-18(16,17)13-8-7-12-14-10-5-3-4-6-11(10)15-12/h2-6,13H,1,7-9H2,(H,14,15). The normalized spacial score (nSPS) is 11.8. The molecule has 96 valence electrons. The fourth-order valence-electron chi connectivity index (χ4n) is 1.66. The smallest absolute Gasteiger partial charge is 0.215 e. The molecule has 0 aliphatic carbocycles. The summed E-state index contributed by atoms with van der Waals surface area (Å²) in [5.41, 5.74) is 1.85. The molecular weight excluding hydrogens is 250 g/mol. The molecule has 0 saturated carbocycles. The maximum atomic E-state index is 11.4. The first-order valence-corrected chi connectivity index (χ1v) is 7.28. The van der Waals surface area contributed by atoms with Gasteiger partial charge in [-0.05, 0) is 12.1 Å². The van der Waals surface area contributed by atoms with E-state index in [1.54, 1.807) is 0 Å². The molecule has 18 heavy (non-hydrogen) atoms. The maximum Gasteiger partial charge on any atom is 0.215 e. The topological polar surface area (TPSA) is 74.8 Å². The van der Waals surface area contributed by atoms with Gasteiger partial charge in [0.15, 0.2) is 0 Å². The lowest BCUT2D eigenvalue weighted by Crippen LogP contribution is -2.27. The van der Waals surface area contributed by atoms with Crippen molar-refractivity contribution in [3.63, 3.8) is 0 Å². The van der Waals surface area contributed by atoms with Crippen LogP contribution in [0.5, 0.6) is 0 Å². The van der Waals surface area contributed by atoms with E-state index in [-0.39, 0.29) is 5.75 Å². The Kier molecular flexibility index (Phi) is 3.78. The average molecular weight is 265 g/mol. The second-order valence-corrected chi connectivity index (χ2v) is 5.77. The van der Waals surface area contributed by atoms with Crippen molar-refractivity contribution in [1.82, 2.24) is 14.7 Å². The number of aromatic nitrogens is 2. The summed E-state index contributed by atoms with van der Waals surface area (Å²) in [4.78, 5) is 7.52. The molecule has 0 amide bonds. The van der Waals surface area contributed by atoms with Crippen LogP contribution in [-0.4, -0.2) is 30.7 Å². The SMILES string of the molecule is C=CCS(=O)(=O)NCCc1nc2ccccc2[nH]1. The lowest BCUT2D eigenvalue weighted by atomic mass is 10.3. The van der Waals surface area contributed by atoms with Gasteiger partial charge in [0.05, 0.1) is 16.8 Å². The van der Waals surface area contributed by atoms with Crippen LogP contribution in [0.25, 0.3) is 11.0 Å². The van der Waals surface area contributed by atoms with E-state index in [1.807, 2.05) is 24.3 Å². The molecule has 0 radical (unpaired) electrons. The largest absolute Gasteiger partial charge is 0.342 e. The summed E-state index contributed by atoms with van der Waals surface area (Å²) in [5, 5.41) is 0. The number of nitrogens with zero attached hydrogens (tertiary/aromatic N) is 1. The summed E-state index contributed by atoms with van der Waals surface area (Å²) in [7, 11) is -3.24. The minimum Gasteiger partial charge on any atom is -0.342 e. The molecule has 1 aromatic heterocycles. The summed E-state index contributed by atoms with van der Waals surface area (Å²) < 4.78 is 25.3. The molecule has 2 N–H and O–H groups in total. The zero-order chi connectivity index (χ0) is 13.0. The zero-order valence-electron chi connectivity index (χ0n) is 9.89. The zero-order valence-corrected chi connectivity index (χ0v) is 10.7. The van der Waals surface area contributed by atoms with Crippen molar-refractivity contribution < 1.29 is 8.42 Å². The number of nitrogens with one attached hydrogen (secondary N) is 2. The van der Waals surface area contributed by atoms with Gasteiger partial charge in [-0.15, -0.1) is 6.58 Å². The molecule has 0 atom stereocenters. The van der Waals surface area contributed by atoms with Crippen molar-refractivity contribution in [2.75, 3.05) is 12.3 Å².